The Bertz CT molecular complexity index is 405. The third-order valence-electron chi connectivity index (χ3n) is 4.07. The van der Waals surface area contributed by atoms with E-state index < -0.39 is 0 Å². The van der Waals surface area contributed by atoms with Crippen molar-refractivity contribution in [2.75, 3.05) is 6.54 Å². The van der Waals surface area contributed by atoms with Gasteiger partial charge in [-0.3, -0.25) is 4.68 Å². The molecule has 0 aromatic carbocycles. The first-order valence-electron chi connectivity index (χ1n) is 7.07. The van der Waals surface area contributed by atoms with Crippen molar-refractivity contribution in [3.63, 3.8) is 0 Å². The molecule has 0 spiro atoms. The molecule has 0 bridgehead atoms. The topological polar surface area (TPSA) is 29.9 Å². The minimum Gasteiger partial charge on any atom is -0.311 e. The Morgan fingerprint density at radius 2 is 2.22 bits per heavy atom. The number of rotatable bonds is 5. The number of hydrogen-bond donors (Lipinski definition) is 1. The number of nitrogens with zero attached hydrogens (tertiary/aromatic N) is 2. The summed E-state index contributed by atoms with van der Waals surface area (Å²) < 4.78 is 3.28. The van der Waals surface area contributed by atoms with E-state index in [4.69, 9.17) is 0 Å². The number of aromatic nitrogens is 2. The maximum atomic E-state index is 4.60. The van der Waals surface area contributed by atoms with E-state index in [-0.39, 0.29) is 0 Å². The van der Waals surface area contributed by atoms with Gasteiger partial charge in [0.1, 0.15) is 0 Å². The van der Waals surface area contributed by atoms with Crippen LogP contribution in [-0.2, 0) is 19.9 Å². The first kappa shape index (κ1) is 14.1. The van der Waals surface area contributed by atoms with Crippen LogP contribution in [0.25, 0.3) is 0 Å². The highest BCUT2D eigenvalue weighted by atomic mass is 79.9. The summed E-state index contributed by atoms with van der Waals surface area (Å²) in [6, 6.07) is 0. The predicted molar refractivity (Wildman–Crippen MR) is 78.9 cm³/mol. The Balaban J connectivity index is 2.24. The Morgan fingerprint density at radius 1 is 1.44 bits per heavy atom. The van der Waals surface area contributed by atoms with Gasteiger partial charge in [-0.2, -0.15) is 5.10 Å². The highest BCUT2D eigenvalue weighted by molar-refractivity contribution is 9.10. The van der Waals surface area contributed by atoms with Gasteiger partial charge in [0.15, 0.2) is 0 Å². The highest BCUT2D eigenvalue weighted by Crippen LogP contribution is 2.32. The number of aryl methyl sites for hydroxylation is 2. The Labute approximate surface area is 118 Å². The van der Waals surface area contributed by atoms with Gasteiger partial charge in [0, 0.05) is 19.0 Å². The van der Waals surface area contributed by atoms with Crippen LogP contribution in [0.4, 0.5) is 0 Å². The van der Waals surface area contributed by atoms with Gasteiger partial charge in [-0.1, -0.05) is 20.3 Å². The van der Waals surface area contributed by atoms with Crippen LogP contribution in [0.5, 0.6) is 0 Å². The van der Waals surface area contributed by atoms with Crippen LogP contribution in [-0.4, -0.2) is 21.9 Å². The Hall–Kier alpha value is -0.350. The molecule has 0 saturated carbocycles. The predicted octanol–water partition coefficient (Wildman–Crippen LogP) is 3.21. The Morgan fingerprint density at radius 3 is 2.72 bits per heavy atom. The lowest BCUT2D eigenvalue weighted by Crippen LogP contribution is -2.42. The molecule has 0 aliphatic carbocycles. The van der Waals surface area contributed by atoms with E-state index >= 15 is 0 Å². The normalized spacial score (nSPS) is 23.8. The minimum atomic E-state index is 0.302. The summed E-state index contributed by atoms with van der Waals surface area (Å²) in [6.45, 7) is 5.60. The molecular formula is C14H24BrN3. The number of nitrogens with one attached hydrogen (secondary N) is 1. The SMILES string of the molecule is CCCC1(Cc2c(Br)c(CC)nn2C)CCCN1. The van der Waals surface area contributed by atoms with Crippen LogP contribution in [0.1, 0.15) is 50.9 Å². The molecule has 18 heavy (non-hydrogen) atoms. The summed E-state index contributed by atoms with van der Waals surface area (Å²) in [7, 11) is 2.06. The zero-order valence-corrected chi connectivity index (χ0v) is 13.3. The molecule has 1 aromatic rings. The van der Waals surface area contributed by atoms with Crippen molar-refractivity contribution in [1.29, 1.82) is 0 Å². The summed E-state index contributed by atoms with van der Waals surface area (Å²) in [5.74, 6) is 0. The zero-order valence-electron chi connectivity index (χ0n) is 11.7. The quantitative estimate of drug-likeness (QED) is 0.904. The van der Waals surface area contributed by atoms with Crippen molar-refractivity contribution >= 4 is 15.9 Å². The van der Waals surface area contributed by atoms with Crippen molar-refractivity contribution in [3.8, 4) is 0 Å². The minimum absolute atomic E-state index is 0.302. The second-order valence-corrected chi connectivity index (χ2v) is 6.21. The standard InChI is InChI=1S/C14H24BrN3/c1-4-7-14(8-6-9-16-14)10-12-13(15)11(5-2)17-18(12)3/h16H,4-10H2,1-3H3. The maximum Gasteiger partial charge on any atom is 0.0766 e. The third kappa shape index (κ3) is 2.64. The van der Waals surface area contributed by atoms with Crippen LogP contribution >= 0.6 is 15.9 Å². The molecular weight excluding hydrogens is 290 g/mol. The average Bonchev–Trinajstić information content (AvgIpc) is 2.90. The monoisotopic (exact) mass is 313 g/mol. The van der Waals surface area contributed by atoms with Crippen LogP contribution in [0.3, 0.4) is 0 Å². The molecule has 102 valence electrons. The summed E-state index contributed by atoms with van der Waals surface area (Å²) in [5, 5.41) is 8.34. The fourth-order valence-electron chi connectivity index (χ4n) is 3.13. The van der Waals surface area contributed by atoms with Crippen molar-refractivity contribution in [2.45, 2.75) is 57.9 Å². The molecule has 1 fully saturated rings. The zero-order chi connectivity index (χ0) is 13.2. The van der Waals surface area contributed by atoms with Crippen molar-refractivity contribution in [1.82, 2.24) is 15.1 Å². The second-order valence-electron chi connectivity index (χ2n) is 5.42. The van der Waals surface area contributed by atoms with Gasteiger partial charge in [-0.15, -0.1) is 0 Å². The van der Waals surface area contributed by atoms with E-state index in [1.807, 2.05) is 0 Å². The van der Waals surface area contributed by atoms with E-state index in [2.05, 4.69) is 51.9 Å². The molecule has 1 N–H and O–H groups in total. The molecule has 2 heterocycles. The van der Waals surface area contributed by atoms with E-state index in [9.17, 15) is 0 Å². The van der Waals surface area contributed by atoms with Gasteiger partial charge in [0.05, 0.1) is 15.9 Å². The average molecular weight is 314 g/mol. The highest BCUT2D eigenvalue weighted by Gasteiger charge is 2.34. The molecule has 0 amide bonds. The van der Waals surface area contributed by atoms with E-state index in [0.29, 0.717) is 5.54 Å². The molecule has 1 unspecified atom stereocenters. The lowest BCUT2D eigenvalue weighted by atomic mass is 9.87. The third-order valence-corrected chi connectivity index (χ3v) is 4.98. The van der Waals surface area contributed by atoms with E-state index in [0.717, 1.165) is 19.4 Å². The number of hydrogen-bond acceptors (Lipinski definition) is 2. The van der Waals surface area contributed by atoms with Crippen LogP contribution in [0.2, 0.25) is 0 Å². The van der Waals surface area contributed by atoms with Gasteiger partial charge in [-0.25, -0.2) is 0 Å². The summed E-state index contributed by atoms with van der Waals surface area (Å²) in [4.78, 5) is 0. The van der Waals surface area contributed by atoms with Gasteiger partial charge >= 0.3 is 0 Å². The van der Waals surface area contributed by atoms with Gasteiger partial charge < -0.3 is 5.32 Å². The molecule has 1 aliphatic heterocycles. The summed E-state index contributed by atoms with van der Waals surface area (Å²) in [5.41, 5.74) is 2.82. The molecule has 0 radical (unpaired) electrons. The molecule has 1 aliphatic rings. The van der Waals surface area contributed by atoms with E-state index in [1.54, 1.807) is 0 Å². The van der Waals surface area contributed by atoms with Crippen LogP contribution in [0.15, 0.2) is 4.47 Å². The molecule has 3 nitrogen and oxygen atoms in total. The van der Waals surface area contributed by atoms with Gasteiger partial charge in [-0.05, 0) is 48.2 Å². The van der Waals surface area contributed by atoms with Crippen LogP contribution in [0, 0.1) is 0 Å². The summed E-state index contributed by atoms with van der Waals surface area (Å²) in [6.07, 6.45) is 7.17. The molecule has 2 rings (SSSR count). The van der Waals surface area contributed by atoms with Gasteiger partial charge in [0.2, 0.25) is 0 Å². The molecule has 1 saturated heterocycles. The number of halogens is 1. The molecule has 4 heteroatoms. The Kier molecular flexibility index (Phi) is 4.49. The smallest absolute Gasteiger partial charge is 0.0766 e. The first-order valence-corrected chi connectivity index (χ1v) is 7.86. The van der Waals surface area contributed by atoms with E-state index in [1.165, 1.54) is 41.5 Å². The van der Waals surface area contributed by atoms with Crippen molar-refractivity contribution in [3.05, 3.63) is 15.9 Å². The van der Waals surface area contributed by atoms with Crippen LogP contribution < -0.4 is 5.32 Å². The molecule has 1 aromatic heterocycles. The fraction of sp³-hybridized carbons (Fsp3) is 0.786. The summed E-state index contributed by atoms with van der Waals surface area (Å²) >= 11 is 3.73. The maximum absolute atomic E-state index is 4.60. The second kappa shape index (κ2) is 5.74. The largest absolute Gasteiger partial charge is 0.311 e. The fourth-order valence-corrected chi connectivity index (χ4v) is 3.89. The van der Waals surface area contributed by atoms with Gasteiger partial charge in [0.25, 0.3) is 0 Å². The lowest BCUT2D eigenvalue weighted by Gasteiger charge is -2.29. The van der Waals surface area contributed by atoms with Crippen molar-refractivity contribution < 1.29 is 0 Å². The first-order chi connectivity index (χ1) is 8.62. The lowest BCUT2D eigenvalue weighted by molar-refractivity contribution is 0.334. The molecule has 1 atom stereocenters. The van der Waals surface area contributed by atoms with Crippen molar-refractivity contribution in [2.24, 2.45) is 7.05 Å².